The van der Waals surface area contributed by atoms with Crippen LogP contribution in [0, 0.1) is 6.92 Å². The lowest BCUT2D eigenvalue weighted by molar-refractivity contribution is 0.145. The highest BCUT2D eigenvalue weighted by atomic mass is 16.5. The van der Waals surface area contributed by atoms with E-state index in [0.29, 0.717) is 13.2 Å². The molecule has 3 heteroatoms. The summed E-state index contributed by atoms with van der Waals surface area (Å²) in [6.07, 6.45) is 3.42. The van der Waals surface area contributed by atoms with Crippen LogP contribution in [0.15, 0.2) is 0 Å². The Hall–Kier alpha value is -0.730. The standard InChI is InChI=1S/C9H18NO2/c1-3-5-7-10-9(11)12-8-6-4-2/h2-8H2,1H3,(H,10,11). The molecule has 0 aromatic heterocycles. The molecule has 1 radical (unpaired) electrons. The number of nitrogens with one attached hydrogen (secondary N) is 1. The molecule has 0 atom stereocenters. The van der Waals surface area contributed by atoms with Crippen molar-refractivity contribution < 1.29 is 9.53 Å². The van der Waals surface area contributed by atoms with Crippen LogP contribution in [0.1, 0.15) is 32.6 Å². The van der Waals surface area contributed by atoms with Crippen molar-refractivity contribution in [1.82, 2.24) is 5.32 Å². The molecule has 0 rings (SSSR count). The second kappa shape index (κ2) is 8.37. The summed E-state index contributed by atoms with van der Waals surface area (Å²) in [6.45, 7) is 6.91. The zero-order chi connectivity index (χ0) is 9.23. The van der Waals surface area contributed by atoms with Gasteiger partial charge in [0.2, 0.25) is 0 Å². The van der Waals surface area contributed by atoms with Gasteiger partial charge in [0.15, 0.2) is 0 Å². The molecule has 0 aliphatic carbocycles. The normalized spacial score (nSPS) is 9.50. The van der Waals surface area contributed by atoms with Gasteiger partial charge in [-0.1, -0.05) is 26.7 Å². The van der Waals surface area contributed by atoms with Crippen molar-refractivity contribution in [2.24, 2.45) is 0 Å². The van der Waals surface area contributed by atoms with Gasteiger partial charge in [-0.25, -0.2) is 4.79 Å². The number of carbonyl (C=O) groups is 1. The first-order chi connectivity index (χ1) is 5.81. The Morgan fingerprint density at radius 2 is 2.25 bits per heavy atom. The molecule has 1 N–H and O–H groups in total. The van der Waals surface area contributed by atoms with Crippen LogP contribution in [0.2, 0.25) is 0 Å². The van der Waals surface area contributed by atoms with Crippen LogP contribution in [0.25, 0.3) is 0 Å². The lowest BCUT2D eigenvalue weighted by Gasteiger charge is -2.04. The van der Waals surface area contributed by atoms with Crippen LogP contribution in [-0.4, -0.2) is 19.2 Å². The van der Waals surface area contributed by atoms with Gasteiger partial charge in [0.25, 0.3) is 0 Å². The van der Waals surface area contributed by atoms with Crippen LogP contribution in [0.5, 0.6) is 0 Å². The molecular formula is C9H18NO2. The smallest absolute Gasteiger partial charge is 0.407 e. The summed E-state index contributed by atoms with van der Waals surface area (Å²) in [5.41, 5.74) is 0. The monoisotopic (exact) mass is 172 g/mol. The van der Waals surface area contributed by atoms with E-state index in [1.807, 2.05) is 0 Å². The predicted molar refractivity (Wildman–Crippen MR) is 48.8 cm³/mol. The molecule has 0 saturated heterocycles. The van der Waals surface area contributed by atoms with E-state index in [1.54, 1.807) is 0 Å². The first-order valence-corrected chi connectivity index (χ1v) is 4.51. The van der Waals surface area contributed by atoms with Crippen LogP contribution in [0.3, 0.4) is 0 Å². The number of alkyl carbamates (subject to hydrolysis) is 1. The Labute approximate surface area is 74.5 Å². The fraction of sp³-hybridized carbons (Fsp3) is 0.778. The number of hydrogen-bond donors (Lipinski definition) is 1. The summed E-state index contributed by atoms with van der Waals surface area (Å²) in [4.78, 5) is 10.8. The molecule has 0 aliphatic rings. The Morgan fingerprint density at radius 3 is 2.83 bits per heavy atom. The van der Waals surface area contributed by atoms with E-state index in [0.717, 1.165) is 25.7 Å². The molecule has 0 unspecified atom stereocenters. The van der Waals surface area contributed by atoms with Crippen molar-refractivity contribution in [1.29, 1.82) is 0 Å². The van der Waals surface area contributed by atoms with E-state index in [4.69, 9.17) is 4.74 Å². The Balaban J connectivity index is 3.10. The third-order valence-corrected chi connectivity index (χ3v) is 1.43. The first kappa shape index (κ1) is 11.3. The van der Waals surface area contributed by atoms with Gasteiger partial charge < -0.3 is 10.1 Å². The summed E-state index contributed by atoms with van der Waals surface area (Å²) in [5, 5.41) is 2.66. The van der Waals surface area contributed by atoms with Crippen molar-refractivity contribution in [2.45, 2.75) is 32.6 Å². The molecule has 0 saturated carbocycles. The summed E-state index contributed by atoms with van der Waals surface area (Å²) in [5.74, 6) is 0. The fourth-order valence-electron chi connectivity index (χ4n) is 0.685. The van der Waals surface area contributed by atoms with Crippen molar-refractivity contribution in [3.63, 3.8) is 0 Å². The number of ether oxygens (including phenoxy) is 1. The number of rotatable bonds is 6. The molecule has 0 spiro atoms. The number of carbonyl (C=O) groups excluding carboxylic acids is 1. The van der Waals surface area contributed by atoms with E-state index in [1.165, 1.54) is 0 Å². The summed E-state index contributed by atoms with van der Waals surface area (Å²) < 4.78 is 4.84. The Bertz CT molecular complexity index is 103. The van der Waals surface area contributed by atoms with Crippen LogP contribution >= 0.6 is 0 Å². The maximum absolute atomic E-state index is 10.8. The van der Waals surface area contributed by atoms with Crippen LogP contribution in [-0.2, 0) is 4.74 Å². The van der Waals surface area contributed by atoms with E-state index < -0.39 is 0 Å². The van der Waals surface area contributed by atoms with E-state index in [2.05, 4.69) is 19.2 Å². The first-order valence-electron chi connectivity index (χ1n) is 4.51. The topological polar surface area (TPSA) is 38.3 Å². The molecule has 0 bridgehead atoms. The minimum Gasteiger partial charge on any atom is -0.450 e. The van der Waals surface area contributed by atoms with E-state index >= 15 is 0 Å². The Kier molecular flexibility index (Phi) is 7.86. The molecule has 0 fully saturated rings. The highest BCUT2D eigenvalue weighted by molar-refractivity contribution is 5.66. The van der Waals surface area contributed by atoms with Gasteiger partial charge in [-0.2, -0.15) is 0 Å². The SMILES string of the molecule is [CH2]CCCOC(=O)NCCCC. The summed E-state index contributed by atoms with van der Waals surface area (Å²) in [7, 11) is 0. The van der Waals surface area contributed by atoms with Crippen molar-refractivity contribution in [2.75, 3.05) is 13.2 Å². The molecule has 0 heterocycles. The molecule has 12 heavy (non-hydrogen) atoms. The van der Waals surface area contributed by atoms with Gasteiger partial charge in [-0.3, -0.25) is 0 Å². The third-order valence-electron chi connectivity index (χ3n) is 1.43. The number of hydrogen-bond acceptors (Lipinski definition) is 2. The van der Waals surface area contributed by atoms with Gasteiger partial charge >= 0.3 is 6.09 Å². The largest absolute Gasteiger partial charge is 0.450 e. The lowest BCUT2D eigenvalue weighted by Crippen LogP contribution is -2.25. The second-order valence-electron chi connectivity index (χ2n) is 2.62. The minimum absolute atomic E-state index is 0.308. The number of unbranched alkanes of at least 4 members (excludes halogenated alkanes) is 2. The highest BCUT2D eigenvalue weighted by Gasteiger charge is 1.98. The fourth-order valence-corrected chi connectivity index (χ4v) is 0.685. The quantitative estimate of drug-likeness (QED) is 0.623. The van der Waals surface area contributed by atoms with Crippen molar-refractivity contribution in [3.8, 4) is 0 Å². The second-order valence-corrected chi connectivity index (χ2v) is 2.62. The molecule has 71 valence electrons. The average molecular weight is 172 g/mol. The minimum atomic E-state index is -0.308. The van der Waals surface area contributed by atoms with Gasteiger partial charge in [-0.05, 0) is 12.8 Å². The summed E-state index contributed by atoms with van der Waals surface area (Å²) >= 11 is 0. The highest BCUT2D eigenvalue weighted by Crippen LogP contribution is 1.88. The van der Waals surface area contributed by atoms with Gasteiger partial charge in [0.1, 0.15) is 0 Å². The van der Waals surface area contributed by atoms with E-state index in [9.17, 15) is 4.79 Å². The lowest BCUT2D eigenvalue weighted by atomic mass is 10.3. The zero-order valence-corrected chi connectivity index (χ0v) is 7.77. The van der Waals surface area contributed by atoms with Crippen molar-refractivity contribution in [3.05, 3.63) is 6.92 Å². The molecule has 3 nitrogen and oxygen atoms in total. The molecule has 1 amide bonds. The van der Waals surface area contributed by atoms with Gasteiger partial charge in [-0.15, -0.1) is 0 Å². The van der Waals surface area contributed by atoms with Crippen LogP contribution in [0.4, 0.5) is 4.79 Å². The maximum Gasteiger partial charge on any atom is 0.407 e. The van der Waals surface area contributed by atoms with E-state index in [-0.39, 0.29) is 6.09 Å². The third kappa shape index (κ3) is 7.38. The molecule has 0 aromatic rings. The van der Waals surface area contributed by atoms with Crippen molar-refractivity contribution >= 4 is 6.09 Å². The molecule has 0 aromatic carbocycles. The number of amides is 1. The predicted octanol–water partition coefficient (Wildman–Crippen LogP) is 2.13. The molecular weight excluding hydrogens is 154 g/mol. The van der Waals surface area contributed by atoms with Gasteiger partial charge in [0.05, 0.1) is 6.61 Å². The zero-order valence-electron chi connectivity index (χ0n) is 7.77. The molecule has 0 aliphatic heterocycles. The maximum atomic E-state index is 10.8. The summed E-state index contributed by atoms with van der Waals surface area (Å²) in [6, 6.07) is 0. The average Bonchev–Trinajstić information content (AvgIpc) is 2.06. The van der Waals surface area contributed by atoms with Gasteiger partial charge in [0, 0.05) is 6.54 Å². The van der Waals surface area contributed by atoms with Crippen LogP contribution < -0.4 is 5.32 Å². The Morgan fingerprint density at radius 1 is 1.50 bits per heavy atom.